The van der Waals surface area contributed by atoms with Crippen molar-refractivity contribution in [2.75, 3.05) is 11.5 Å². The summed E-state index contributed by atoms with van der Waals surface area (Å²) in [4.78, 5) is 39.0. The van der Waals surface area contributed by atoms with Crippen LogP contribution in [0.2, 0.25) is 0 Å². The zero-order chi connectivity index (χ0) is 23.8. The van der Waals surface area contributed by atoms with Crippen LogP contribution in [0.4, 0.5) is 11.4 Å². The maximum Gasteiger partial charge on any atom is 0.338 e. The van der Waals surface area contributed by atoms with Crippen LogP contribution in [0.15, 0.2) is 66.0 Å². The SMILES string of the molecule is CCOC(=O)c1ccc(N2C(=O)c3n[nH]c(-c4cccs4)c3C2c2cccc([N+](=O)[O-])c2)cc1. The van der Waals surface area contributed by atoms with Gasteiger partial charge < -0.3 is 4.74 Å². The molecule has 3 heterocycles. The minimum absolute atomic E-state index is 0.0721. The number of H-pyrrole nitrogens is 1. The summed E-state index contributed by atoms with van der Waals surface area (Å²) < 4.78 is 5.04. The molecule has 1 N–H and O–H groups in total. The van der Waals surface area contributed by atoms with E-state index in [4.69, 9.17) is 4.74 Å². The first kappa shape index (κ1) is 21.5. The molecule has 0 fully saturated rings. The van der Waals surface area contributed by atoms with E-state index in [1.807, 2.05) is 17.5 Å². The molecular weight excluding hydrogens is 456 g/mol. The number of hydrogen-bond acceptors (Lipinski definition) is 7. The maximum absolute atomic E-state index is 13.5. The number of non-ortho nitro benzene ring substituents is 1. The van der Waals surface area contributed by atoms with Crippen molar-refractivity contribution in [3.8, 4) is 10.6 Å². The van der Waals surface area contributed by atoms with Crippen molar-refractivity contribution in [2.24, 2.45) is 0 Å². The maximum atomic E-state index is 13.5. The molecule has 1 aliphatic rings. The Morgan fingerprint density at radius 1 is 1.21 bits per heavy atom. The molecule has 0 saturated heterocycles. The van der Waals surface area contributed by atoms with Crippen molar-refractivity contribution in [1.82, 2.24) is 10.2 Å². The highest BCUT2D eigenvalue weighted by Gasteiger charge is 2.44. The number of amides is 1. The molecule has 2 aromatic heterocycles. The van der Waals surface area contributed by atoms with Crippen molar-refractivity contribution >= 4 is 34.6 Å². The molecule has 1 amide bonds. The van der Waals surface area contributed by atoms with Crippen LogP contribution in [-0.4, -0.2) is 33.6 Å². The molecule has 0 saturated carbocycles. The second-order valence-electron chi connectivity index (χ2n) is 7.54. The van der Waals surface area contributed by atoms with E-state index < -0.39 is 16.9 Å². The summed E-state index contributed by atoms with van der Waals surface area (Å²) in [7, 11) is 0. The molecule has 5 rings (SSSR count). The number of hydrogen-bond donors (Lipinski definition) is 1. The molecule has 0 spiro atoms. The molecule has 0 bridgehead atoms. The van der Waals surface area contributed by atoms with Crippen molar-refractivity contribution in [3.05, 3.63) is 98.5 Å². The summed E-state index contributed by atoms with van der Waals surface area (Å²) in [6, 6.07) is 15.9. The smallest absolute Gasteiger partial charge is 0.338 e. The van der Waals surface area contributed by atoms with Crippen LogP contribution in [0, 0.1) is 10.1 Å². The fraction of sp³-hybridized carbons (Fsp3) is 0.125. The lowest BCUT2D eigenvalue weighted by Gasteiger charge is -2.26. The average Bonchev–Trinajstić information content (AvgIpc) is 3.57. The van der Waals surface area contributed by atoms with Crippen molar-refractivity contribution in [2.45, 2.75) is 13.0 Å². The fourth-order valence-electron chi connectivity index (χ4n) is 4.11. The number of rotatable bonds is 6. The number of thiophene rings is 1. The number of nitro groups is 1. The number of benzene rings is 2. The number of nitro benzene ring substituents is 1. The Morgan fingerprint density at radius 2 is 2.00 bits per heavy atom. The van der Waals surface area contributed by atoms with Gasteiger partial charge in [0.1, 0.15) is 0 Å². The highest BCUT2D eigenvalue weighted by Crippen LogP contribution is 2.46. The lowest BCUT2D eigenvalue weighted by Crippen LogP contribution is -2.29. The number of aromatic nitrogens is 2. The Labute approximate surface area is 197 Å². The van der Waals surface area contributed by atoms with Gasteiger partial charge in [0.25, 0.3) is 11.6 Å². The van der Waals surface area contributed by atoms with Gasteiger partial charge in [0.15, 0.2) is 5.69 Å². The number of ether oxygens (including phenoxy) is 1. The zero-order valence-electron chi connectivity index (χ0n) is 17.9. The average molecular weight is 474 g/mol. The van der Waals surface area contributed by atoms with E-state index in [1.165, 1.54) is 23.5 Å². The fourth-order valence-corrected chi connectivity index (χ4v) is 4.85. The monoisotopic (exact) mass is 474 g/mol. The molecule has 0 aliphatic carbocycles. The highest BCUT2D eigenvalue weighted by atomic mass is 32.1. The van der Waals surface area contributed by atoms with Gasteiger partial charge in [-0.05, 0) is 48.2 Å². The topological polar surface area (TPSA) is 118 Å². The van der Waals surface area contributed by atoms with E-state index in [0.29, 0.717) is 28.1 Å². The third-order valence-electron chi connectivity index (χ3n) is 5.58. The van der Waals surface area contributed by atoms with Gasteiger partial charge in [-0.1, -0.05) is 18.2 Å². The van der Waals surface area contributed by atoms with Gasteiger partial charge in [0.05, 0.1) is 33.7 Å². The van der Waals surface area contributed by atoms with Gasteiger partial charge in [0.2, 0.25) is 0 Å². The molecule has 9 nitrogen and oxygen atoms in total. The molecule has 10 heteroatoms. The van der Waals surface area contributed by atoms with Crippen LogP contribution in [0.3, 0.4) is 0 Å². The highest BCUT2D eigenvalue weighted by molar-refractivity contribution is 7.13. The molecule has 0 radical (unpaired) electrons. The second kappa shape index (κ2) is 8.56. The Hall–Kier alpha value is -4.31. The van der Waals surface area contributed by atoms with E-state index in [0.717, 1.165) is 4.88 Å². The Bertz CT molecular complexity index is 1400. The van der Waals surface area contributed by atoms with Gasteiger partial charge in [-0.3, -0.25) is 24.9 Å². The van der Waals surface area contributed by atoms with Crippen LogP contribution in [0.1, 0.15) is 44.9 Å². The van der Waals surface area contributed by atoms with Crippen LogP contribution in [0.25, 0.3) is 10.6 Å². The van der Waals surface area contributed by atoms with Crippen molar-refractivity contribution in [1.29, 1.82) is 0 Å². The predicted molar refractivity (Wildman–Crippen MR) is 126 cm³/mol. The predicted octanol–water partition coefficient (Wildman–Crippen LogP) is 4.97. The van der Waals surface area contributed by atoms with Crippen LogP contribution >= 0.6 is 11.3 Å². The van der Waals surface area contributed by atoms with Crippen LogP contribution in [-0.2, 0) is 4.74 Å². The van der Waals surface area contributed by atoms with Crippen molar-refractivity contribution in [3.63, 3.8) is 0 Å². The van der Waals surface area contributed by atoms with Crippen LogP contribution < -0.4 is 4.90 Å². The van der Waals surface area contributed by atoms with E-state index in [1.54, 1.807) is 48.2 Å². The Balaban J connectivity index is 1.65. The number of nitrogens with one attached hydrogen (secondary N) is 1. The van der Waals surface area contributed by atoms with E-state index in [-0.39, 0.29) is 23.9 Å². The summed E-state index contributed by atoms with van der Waals surface area (Å²) in [6.07, 6.45) is 0. The quantitative estimate of drug-likeness (QED) is 0.239. The third-order valence-corrected chi connectivity index (χ3v) is 6.47. The molecular formula is C24H18N4O5S. The standard InChI is InChI=1S/C24H18N4O5S/c1-2-33-24(30)14-8-10-16(11-9-14)27-22(15-5-3-6-17(13-15)28(31)32)19-20(18-7-4-12-34-18)25-26-21(19)23(27)29/h3-13,22H,2H2,1H3,(H,25,26). The summed E-state index contributed by atoms with van der Waals surface area (Å²) in [5, 5.41) is 20.6. The number of anilines is 1. The summed E-state index contributed by atoms with van der Waals surface area (Å²) in [5.41, 5.74) is 3.01. The largest absolute Gasteiger partial charge is 0.462 e. The number of aromatic amines is 1. The lowest BCUT2D eigenvalue weighted by atomic mass is 9.97. The molecule has 1 unspecified atom stereocenters. The third kappa shape index (κ3) is 3.54. The minimum atomic E-state index is -0.647. The number of esters is 1. The van der Waals surface area contributed by atoms with Gasteiger partial charge in [-0.2, -0.15) is 5.10 Å². The van der Waals surface area contributed by atoms with E-state index in [9.17, 15) is 19.7 Å². The zero-order valence-corrected chi connectivity index (χ0v) is 18.7. The number of carbonyl (C=O) groups excluding carboxylic acids is 2. The summed E-state index contributed by atoms with van der Waals surface area (Å²) in [6.45, 7) is 1.98. The normalized spacial score (nSPS) is 14.8. The number of fused-ring (bicyclic) bond motifs is 1. The molecule has 1 aliphatic heterocycles. The van der Waals surface area contributed by atoms with Crippen molar-refractivity contribution < 1.29 is 19.2 Å². The Morgan fingerprint density at radius 3 is 2.68 bits per heavy atom. The number of carbonyl (C=O) groups is 2. The van der Waals surface area contributed by atoms with Gasteiger partial charge in [0, 0.05) is 23.4 Å². The first-order valence-corrected chi connectivity index (χ1v) is 11.3. The van der Waals surface area contributed by atoms with Gasteiger partial charge >= 0.3 is 5.97 Å². The first-order chi connectivity index (χ1) is 16.5. The van der Waals surface area contributed by atoms with Crippen LogP contribution in [0.5, 0.6) is 0 Å². The van der Waals surface area contributed by atoms with E-state index in [2.05, 4.69) is 10.2 Å². The molecule has 1 atom stereocenters. The lowest BCUT2D eigenvalue weighted by molar-refractivity contribution is -0.384. The van der Waals surface area contributed by atoms with E-state index >= 15 is 0 Å². The molecule has 4 aromatic rings. The first-order valence-electron chi connectivity index (χ1n) is 10.5. The number of nitrogens with zero attached hydrogens (tertiary/aromatic N) is 3. The van der Waals surface area contributed by atoms with Gasteiger partial charge in [-0.15, -0.1) is 11.3 Å². The molecule has 170 valence electrons. The summed E-state index contributed by atoms with van der Waals surface area (Å²) in [5.74, 6) is -0.792. The molecule has 34 heavy (non-hydrogen) atoms. The Kier molecular flexibility index (Phi) is 5.42. The molecule has 2 aromatic carbocycles. The minimum Gasteiger partial charge on any atom is -0.462 e. The second-order valence-corrected chi connectivity index (χ2v) is 8.48. The summed E-state index contributed by atoms with van der Waals surface area (Å²) >= 11 is 1.50. The van der Waals surface area contributed by atoms with Gasteiger partial charge in [-0.25, -0.2) is 4.79 Å².